The van der Waals surface area contributed by atoms with Crippen LogP contribution in [0.1, 0.15) is 18.1 Å². The van der Waals surface area contributed by atoms with Crippen LogP contribution in [0.4, 0.5) is 5.69 Å². The minimum absolute atomic E-state index is 0. The summed E-state index contributed by atoms with van der Waals surface area (Å²) in [7, 11) is 3.44. The van der Waals surface area contributed by atoms with Crippen LogP contribution in [0.2, 0.25) is 0 Å². The Morgan fingerprint density at radius 2 is 1.73 bits per heavy atom. The van der Waals surface area contributed by atoms with Gasteiger partial charge in [-0.15, -0.1) is 24.0 Å². The third-order valence-corrected chi connectivity index (χ3v) is 5.15. The summed E-state index contributed by atoms with van der Waals surface area (Å²) in [5.74, 6) is 1.87. The molecule has 2 aromatic carbocycles. The van der Waals surface area contributed by atoms with E-state index in [1.54, 1.807) is 14.2 Å². The van der Waals surface area contributed by atoms with Gasteiger partial charge in [0.05, 0.1) is 20.3 Å². The lowest BCUT2D eigenvalue weighted by Gasteiger charge is -2.37. The smallest absolute Gasteiger partial charge is 0.194 e. The van der Waals surface area contributed by atoms with Gasteiger partial charge in [-0.25, -0.2) is 4.99 Å². The monoisotopic (exact) mass is 524 g/mol. The predicted molar refractivity (Wildman–Crippen MR) is 134 cm³/mol. The van der Waals surface area contributed by atoms with Crippen LogP contribution in [0.15, 0.2) is 53.5 Å². The Balaban J connectivity index is 0.00000320. The molecule has 0 unspecified atom stereocenters. The topological polar surface area (TPSA) is 49.3 Å². The minimum atomic E-state index is 0. The number of methoxy groups -OCH3 is 2. The van der Waals surface area contributed by atoms with Crippen molar-refractivity contribution in [2.45, 2.75) is 20.1 Å². The van der Waals surface area contributed by atoms with Crippen LogP contribution < -0.4 is 15.0 Å². The molecule has 30 heavy (non-hydrogen) atoms. The number of aliphatic imine (C=N–C) groups is 1. The first-order valence-electron chi connectivity index (χ1n) is 10.2. The van der Waals surface area contributed by atoms with Crippen LogP contribution in [0, 0.1) is 0 Å². The first kappa shape index (κ1) is 24.3. The maximum absolute atomic E-state index is 5.36. The zero-order chi connectivity index (χ0) is 20.5. The molecule has 1 fully saturated rings. The third-order valence-electron chi connectivity index (χ3n) is 5.15. The largest absolute Gasteiger partial charge is 0.497 e. The van der Waals surface area contributed by atoms with E-state index in [9.17, 15) is 0 Å². The van der Waals surface area contributed by atoms with Crippen LogP contribution in [-0.2, 0) is 17.9 Å². The van der Waals surface area contributed by atoms with Gasteiger partial charge in [-0.1, -0.05) is 30.3 Å². The average molecular weight is 524 g/mol. The Morgan fingerprint density at radius 1 is 1.00 bits per heavy atom. The molecule has 0 amide bonds. The van der Waals surface area contributed by atoms with Crippen molar-refractivity contribution in [2.24, 2.45) is 4.99 Å². The molecule has 7 heteroatoms. The van der Waals surface area contributed by atoms with Gasteiger partial charge in [0.25, 0.3) is 0 Å². The molecule has 0 aromatic heterocycles. The molecule has 1 aliphatic heterocycles. The van der Waals surface area contributed by atoms with Gasteiger partial charge in [-0.05, 0) is 30.2 Å². The Bertz CT molecular complexity index is 807. The van der Waals surface area contributed by atoms with Crippen molar-refractivity contribution in [1.82, 2.24) is 10.2 Å². The van der Waals surface area contributed by atoms with E-state index in [0.29, 0.717) is 13.2 Å². The summed E-state index contributed by atoms with van der Waals surface area (Å²) in [6, 6.07) is 16.6. The maximum atomic E-state index is 5.36. The summed E-state index contributed by atoms with van der Waals surface area (Å²) in [5, 5.41) is 3.45. The molecule has 0 atom stereocenters. The highest BCUT2D eigenvalue weighted by Gasteiger charge is 2.20. The number of benzene rings is 2. The lowest BCUT2D eigenvalue weighted by Crippen LogP contribution is -2.52. The summed E-state index contributed by atoms with van der Waals surface area (Å²) < 4.78 is 10.7. The molecule has 0 radical (unpaired) electrons. The number of hydrogen-bond acceptors (Lipinski definition) is 4. The second-order valence-electron chi connectivity index (χ2n) is 7.05. The lowest BCUT2D eigenvalue weighted by molar-refractivity contribution is 0.184. The van der Waals surface area contributed by atoms with Gasteiger partial charge in [0, 0.05) is 51.6 Å². The van der Waals surface area contributed by atoms with E-state index in [-0.39, 0.29) is 24.0 Å². The van der Waals surface area contributed by atoms with Crippen molar-refractivity contribution in [3.05, 3.63) is 59.7 Å². The summed E-state index contributed by atoms with van der Waals surface area (Å²) in [4.78, 5) is 9.66. The fourth-order valence-electron chi connectivity index (χ4n) is 3.58. The zero-order valence-electron chi connectivity index (χ0n) is 18.1. The standard InChI is InChI=1S/C23H32N4O2.HI/c1-4-24-23(25-17-19-8-5-6-9-20(19)18-28-2)27-14-12-26(13-15-27)21-10-7-11-22(16-21)29-3;/h5-11,16H,4,12-15,17-18H2,1-3H3,(H,24,25);1H. The van der Waals surface area contributed by atoms with Crippen molar-refractivity contribution in [1.29, 1.82) is 0 Å². The molecule has 164 valence electrons. The number of guanidine groups is 1. The van der Waals surface area contributed by atoms with Crippen molar-refractivity contribution in [2.75, 3.05) is 51.8 Å². The normalized spacial score (nSPS) is 14.3. The van der Waals surface area contributed by atoms with Gasteiger partial charge in [0.2, 0.25) is 0 Å². The predicted octanol–water partition coefficient (Wildman–Crippen LogP) is 3.75. The van der Waals surface area contributed by atoms with E-state index < -0.39 is 0 Å². The molecule has 0 bridgehead atoms. The molecular weight excluding hydrogens is 491 g/mol. The van der Waals surface area contributed by atoms with Gasteiger partial charge in [0.15, 0.2) is 5.96 Å². The SMILES string of the molecule is CCNC(=NCc1ccccc1COC)N1CCN(c2cccc(OC)c2)CC1.I. The number of nitrogens with zero attached hydrogens (tertiary/aromatic N) is 3. The number of nitrogens with one attached hydrogen (secondary N) is 1. The van der Waals surface area contributed by atoms with E-state index in [4.69, 9.17) is 14.5 Å². The number of anilines is 1. The first-order valence-corrected chi connectivity index (χ1v) is 10.2. The quantitative estimate of drug-likeness (QED) is 0.340. The van der Waals surface area contributed by atoms with Crippen LogP contribution >= 0.6 is 24.0 Å². The Labute approximate surface area is 197 Å². The third kappa shape index (κ3) is 6.50. The molecule has 6 nitrogen and oxygen atoms in total. The number of hydrogen-bond donors (Lipinski definition) is 1. The van der Waals surface area contributed by atoms with Crippen LogP contribution in [-0.4, -0.2) is 57.8 Å². The summed E-state index contributed by atoms with van der Waals surface area (Å²) in [6.07, 6.45) is 0. The Morgan fingerprint density at radius 3 is 2.40 bits per heavy atom. The molecule has 0 aliphatic carbocycles. The van der Waals surface area contributed by atoms with Gasteiger partial charge < -0.3 is 24.6 Å². The van der Waals surface area contributed by atoms with Gasteiger partial charge in [-0.2, -0.15) is 0 Å². The first-order chi connectivity index (χ1) is 14.2. The van der Waals surface area contributed by atoms with E-state index in [0.717, 1.165) is 44.4 Å². The highest BCUT2D eigenvalue weighted by Crippen LogP contribution is 2.22. The maximum Gasteiger partial charge on any atom is 0.194 e. The Kier molecular flexibility index (Phi) is 10.2. The number of rotatable bonds is 7. The van der Waals surface area contributed by atoms with Crippen LogP contribution in [0.25, 0.3) is 0 Å². The van der Waals surface area contributed by atoms with Crippen molar-refractivity contribution >= 4 is 35.6 Å². The number of ether oxygens (including phenoxy) is 2. The second kappa shape index (κ2) is 12.6. The van der Waals surface area contributed by atoms with E-state index in [2.05, 4.69) is 52.4 Å². The second-order valence-corrected chi connectivity index (χ2v) is 7.05. The highest BCUT2D eigenvalue weighted by atomic mass is 127. The number of piperazine rings is 1. The van der Waals surface area contributed by atoms with Gasteiger partial charge >= 0.3 is 0 Å². The molecule has 1 N–H and O–H groups in total. The molecular formula is C23H33IN4O2. The summed E-state index contributed by atoms with van der Waals surface area (Å²) in [5.41, 5.74) is 3.61. The van der Waals surface area contributed by atoms with Crippen molar-refractivity contribution in [3.8, 4) is 5.75 Å². The lowest BCUT2D eigenvalue weighted by atomic mass is 10.1. The van der Waals surface area contributed by atoms with Crippen molar-refractivity contribution in [3.63, 3.8) is 0 Å². The summed E-state index contributed by atoms with van der Waals surface area (Å²) in [6.45, 7) is 8.01. The van der Waals surface area contributed by atoms with Gasteiger partial charge in [0.1, 0.15) is 5.75 Å². The van der Waals surface area contributed by atoms with Crippen LogP contribution in [0.5, 0.6) is 5.75 Å². The summed E-state index contributed by atoms with van der Waals surface area (Å²) >= 11 is 0. The van der Waals surface area contributed by atoms with E-state index in [1.807, 2.05) is 18.2 Å². The van der Waals surface area contributed by atoms with Gasteiger partial charge in [-0.3, -0.25) is 0 Å². The molecule has 0 spiro atoms. The fraction of sp³-hybridized carbons (Fsp3) is 0.435. The molecule has 3 rings (SSSR count). The molecule has 0 saturated carbocycles. The zero-order valence-corrected chi connectivity index (χ0v) is 20.5. The Hall–Kier alpha value is -2.00. The average Bonchev–Trinajstić information content (AvgIpc) is 2.78. The molecule has 1 saturated heterocycles. The number of halogens is 1. The van der Waals surface area contributed by atoms with E-state index in [1.165, 1.54) is 16.8 Å². The molecule has 2 aromatic rings. The van der Waals surface area contributed by atoms with E-state index >= 15 is 0 Å². The molecule has 1 aliphatic rings. The van der Waals surface area contributed by atoms with Crippen LogP contribution in [0.3, 0.4) is 0 Å². The highest BCUT2D eigenvalue weighted by molar-refractivity contribution is 14.0. The minimum Gasteiger partial charge on any atom is -0.497 e. The van der Waals surface area contributed by atoms with Crippen molar-refractivity contribution < 1.29 is 9.47 Å². The molecule has 1 heterocycles. The fourth-order valence-corrected chi connectivity index (χ4v) is 3.58.